The van der Waals surface area contributed by atoms with Gasteiger partial charge < -0.3 is 0 Å². The fourth-order valence-corrected chi connectivity index (χ4v) is 1.22. The van der Waals surface area contributed by atoms with Gasteiger partial charge in [-0.2, -0.15) is 0 Å². The van der Waals surface area contributed by atoms with Crippen LogP contribution >= 0.6 is 0 Å². The number of aliphatic imine (C=N–C) groups is 1. The first kappa shape index (κ1) is 13.6. The second-order valence-electron chi connectivity index (χ2n) is 3.64. The zero-order valence-electron chi connectivity index (χ0n) is 10.3. The molecule has 1 rings (SSSR count). The lowest BCUT2D eigenvalue weighted by molar-refractivity contribution is 1.32. The summed E-state index contributed by atoms with van der Waals surface area (Å²) in [6.07, 6.45) is 10.6. The Hall–Kier alpha value is -2.48. The maximum absolute atomic E-state index is 3.99. The van der Waals surface area contributed by atoms with Crippen molar-refractivity contribution in [3.8, 4) is 0 Å². The third kappa shape index (κ3) is 4.18. The molecule has 2 nitrogen and oxygen atoms in total. The first-order valence-electron chi connectivity index (χ1n) is 5.43. The highest BCUT2D eigenvalue weighted by atomic mass is 14.6. The van der Waals surface area contributed by atoms with Gasteiger partial charge in [-0.25, -0.2) is 0 Å². The fraction of sp³-hybridized carbons (Fsp3) is 0. The summed E-state index contributed by atoms with van der Waals surface area (Å²) in [5.74, 6) is 0. The topological polar surface area (TPSA) is 25.2 Å². The SMILES string of the molecule is C=N/C=C\C(=C)C(=C)/C=C\C(=C)c1ccncc1. The third-order valence-electron chi connectivity index (χ3n) is 2.33. The molecule has 0 aliphatic heterocycles. The minimum atomic E-state index is 0.793. The predicted molar refractivity (Wildman–Crippen MR) is 79.4 cm³/mol. The van der Waals surface area contributed by atoms with Crippen LogP contribution in [0.15, 0.2) is 84.8 Å². The molecule has 1 heterocycles. The molecule has 0 aromatic carbocycles. The molecule has 1 aromatic rings. The van der Waals surface area contributed by atoms with E-state index in [-0.39, 0.29) is 0 Å². The van der Waals surface area contributed by atoms with Crippen molar-refractivity contribution in [2.75, 3.05) is 0 Å². The van der Waals surface area contributed by atoms with Crippen molar-refractivity contribution in [1.82, 2.24) is 4.98 Å². The molecule has 90 valence electrons. The van der Waals surface area contributed by atoms with E-state index in [1.165, 1.54) is 0 Å². The van der Waals surface area contributed by atoms with Crippen LogP contribution in [0.4, 0.5) is 0 Å². The van der Waals surface area contributed by atoms with Crippen LogP contribution in [0.3, 0.4) is 0 Å². The van der Waals surface area contributed by atoms with Crippen molar-refractivity contribution in [2.45, 2.75) is 0 Å². The molecule has 1 aromatic heterocycles. The summed E-state index contributed by atoms with van der Waals surface area (Å²) in [6.45, 7) is 15.1. The lowest BCUT2D eigenvalue weighted by Gasteiger charge is -2.01. The Morgan fingerprint density at radius 3 is 2.22 bits per heavy atom. The van der Waals surface area contributed by atoms with Gasteiger partial charge in [-0.1, -0.05) is 31.9 Å². The summed E-state index contributed by atoms with van der Waals surface area (Å²) in [7, 11) is 0. The van der Waals surface area contributed by atoms with Gasteiger partial charge in [0.25, 0.3) is 0 Å². The fourth-order valence-electron chi connectivity index (χ4n) is 1.22. The summed E-state index contributed by atoms with van der Waals surface area (Å²) in [5, 5.41) is 0. The van der Waals surface area contributed by atoms with Gasteiger partial charge in [0.05, 0.1) is 0 Å². The average molecular weight is 236 g/mol. The monoisotopic (exact) mass is 236 g/mol. The first-order valence-corrected chi connectivity index (χ1v) is 5.43. The Morgan fingerprint density at radius 2 is 1.61 bits per heavy atom. The molecule has 0 amide bonds. The average Bonchev–Trinajstić information content (AvgIpc) is 2.42. The molecule has 0 radical (unpaired) electrons. The van der Waals surface area contributed by atoms with Crippen molar-refractivity contribution < 1.29 is 0 Å². The van der Waals surface area contributed by atoms with Gasteiger partial charge in [0.2, 0.25) is 0 Å². The van der Waals surface area contributed by atoms with E-state index in [0.717, 1.165) is 22.3 Å². The number of aromatic nitrogens is 1. The number of nitrogens with zero attached hydrogens (tertiary/aromatic N) is 2. The van der Waals surface area contributed by atoms with E-state index in [0.29, 0.717) is 0 Å². The predicted octanol–water partition coefficient (Wildman–Crippen LogP) is 3.98. The molecule has 2 heteroatoms. The molecule has 0 bridgehead atoms. The van der Waals surface area contributed by atoms with E-state index in [9.17, 15) is 0 Å². The van der Waals surface area contributed by atoms with Crippen LogP contribution in [0.25, 0.3) is 5.57 Å². The Labute approximate surface area is 108 Å². The summed E-state index contributed by atoms with van der Waals surface area (Å²) >= 11 is 0. The molecule has 0 atom stereocenters. The van der Waals surface area contributed by atoms with Crippen LogP contribution < -0.4 is 0 Å². The molecule has 18 heavy (non-hydrogen) atoms. The zero-order valence-corrected chi connectivity index (χ0v) is 10.3. The van der Waals surface area contributed by atoms with E-state index in [4.69, 9.17) is 0 Å². The summed E-state index contributed by atoms with van der Waals surface area (Å²) in [6, 6.07) is 3.82. The molecular weight excluding hydrogens is 220 g/mol. The molecule has 0 spiro atoms. The van der Waals surface area contributed by atoms with Gasteiger partial charge in [0.1, 0.15) is 0 Å². The van der Waals surface area contributed by atoms with Crippen molar-refractivity contribution in [3.63, 3.8) is 0 Å². The molecule has 0 aliphatic carbocycles. The number of hydrogen-bond donors (Lipinski definition) is 0. The summed E-state index contributed by atoms with van der Waals surface area (Å²) < 4.78 is 0. The number of hydrogen-bond acceptors (Lipinski definition) is 2. The van der Waals surface area contributed by atoms with Crippen molar-refractivity contribution >= 4 is 12.3 Å². The van der Waals surface area contributed by atoms with Gasteiger partial charge in [-0.15, -0.1) is 0 Å². The molecule has 0 unspecified atom stereocenters. The Kier molecular flexibility index (Phi) is 5.26. The Morgan fingerprint density at radius 1 is 1.00 bits per heavy atom. The normalized spacial score (nSPS) is 10.7. The Bertz CT molecular complexity index is 519. The second-order valence-corrected chi connectivity index (χ2v) is 3.64. The van der Waals surface area contributed by atoms with Gasteiger partial charge in [-0.3, -0.25) is 9.98 Å². The van der Waals surface area contributed by atoms with Crippen LogP contribution in [0.2, 0.25) is 0 Å². The van der Waals surface area contributed by atoms with Crippen LogP contribution in [0, 0.1) is 0 Å². The Balaban J connectivity index is 2.68. The van der Waals surface area contributed by atoms with Gasteiger partial charge >= 0.3 is 0 Å². The van der Waals surface area contributed by atoms with Crippen molar-refractivity contribution in [1.29, 1.82) is 0 Å². The van der Waals surface area contributed by atoms with E-state index in [1.807, 2.05) is 24.3 Å². The van der Waals surface area contributed by atoms with E-state index < -0.39 is 0 Å². The highest BCUT2D eigenvalue weighted by Crippen LogP contribution is 2.15. The lowest BCUT2D eigenvalue weighted by Crippen LogP contribution is -1.81. The van der Waals surface area contributed by atoms with E-state index in [2.05, 4.69) is 36.4 Å². The van der Waals surface area contributed by atoms with Crippen molar-refractivity contribution in [2.24, 2.45) is 4.99 Å². The lowest BCUT2D eigenvalue weighted by atomic mass is 10.1. The maximum Gasteiger partial charge on any atom is 0.0273 e. The standard InChI is InChI=1S/C16H16N2/c1-13(14(2)7-10-17-4)5-6-15(3)16-8-11-18-12-9-16/h5-12H,1-4H2/b6-5-,10-7-. The van der Waals surface area contributed by atoms with E-state index in [1.54, 1.807) is 24.7 Å². The number of pyridine rings is 1. The molecular formula is C16H16N2. The first-order chi connectivity index (χ1) is 8.65. The number of allylic oxidation sites excluding steroid dienone is 6. The molecule has 0 N–H and O–H groups in total. The van der Waals surface area contributed by atoms with Gasteiger partial charge in [0.15, 0.2) is 0 Å². The third-order valence-corrected chi connectivity index (χ3v) is 2.33. The molecule has 0 saturated heterocycles. The van der Waals surface area contributed by atoms with Crippen LogP contribution in [-0.2, 0) is 0 Å². The summed E-state index contributed by atoms with van der Waals surface area (Å²) in [5.41, 5.74) is 3.53. The van der Waals surface area contributed by atoms with Crippen LogP contribution in [0.1, 0.15) is 5.56 Å². The smallest absolute Gasteiger partial charge is 0.0273 e. The zero-order chi connectivity index (χ0) is 13.4. The quantitative estimate of drug-likeness (QED) is 0.541. The van der Waals surface area contributed by atoms with Gasteiger partial charge in [0, 0.05) is 18.6 Å². The van der Waals surface area contributed by atoms with E-state index >= 15 is 0 Å². The minimum Gasteiger partial charge on any atom is -0.272 e. The summed E-state index contributed by atoms with van der Waals surface area (Å²) in [4.78, 5) is 7.58. The minimum absolute atomic E-state index is 0.793. The van der Waals surface area contributed by atoms with Gasteiger partial charge in [-0.05, 0) is 47.2 Å². The molecule has 0 aliphatic rings. The number of rotatable bonds is 6. The van der Waals surface area contributed by atoms with Crippen LogP contribution in [0.5, 0.6) is 0 Å². The highest BCUT2D eigenvalue weighted by Gasteiger charge is 1.95. The molecule has 0 fully saturated rings. The highest BCUT2D eigenvalue weighted by molar-refractivity contribution is 5.72. The second kappa shape index (κ2) is 6.97. The van der Waals surface area contributed by atoms with Crippen LogP contribution in [-0.4, -0.2) is 11.7 Å². The van der Waals surface area contributed by atoms with Crippen molar-refractivity contribution in [3.05, 3.63) is 85.4 Å². The molecule has 0 saturated carbocycles. The largest absolute Gasteiger partial charge is 0.272 e. The maximum atomic E-state index is 3.99.